The molecule has 2 N–H and O–H groups in total. The maximum Gasteiger partial charge on any atom is 0.225 e. The monoisotopic (exact) mass is 429 g/mol. The van der Waals surface area contributed by atoms with Crippen LogP contribution in [0.5, 0.6) is 0 Å². The number of aryl methyl sites for hydroxylation is 1. The van der Waals surface area contributed by atoms with E-state index in [9.17, 15) is 9.90 Å². The first-order chi connectivity index (χ1) is 15.7. The number of benzene rings is 2. The summed E-state index contributed by atoms with van der Waals surface area (Å²) in [7, 11) is 0. The molecular weight excluding hydrogens is 398 g/mol. The molecule has 0 saturated heterocycles. The number of amides is 1. The van der Waals surface area contributed by atoms with Gasteiger partial charge < -0.3 is 10.4 Å². The molecule has 1 aliphatic rings. The summed E-state index contributed by atoms with van der Waals surface area (Å²) in [5.41, 5.74) is 4.64. The molecule has 0 radical (unpaired) electrons. The van der Waals surface area contributed by atoms with E-state index in [-0.39, 0.29) is 12.5 Å². The smallest absolute Gasteiger partial charge is 0.225 e. The Hall–Kier alpha value is -3.05. The van der Waals surface area contributed by atoms with Crippen molar-refractivity contribution >= 4 is 11.7 Å². The molecule has 0 bridgehead atoms. The zero-order valence-corrected chi connectivity index (χ0v) is 18.5. The third-order valence-electron chi connectivity index (χ3n) is 6.23. The molecule has 1 heterocycles. The van der Waals surface area contributed by atoms with Crippen molar-refractivity contribution in [1.29, 1.82) is 0 Å². The fraction of sp³-hybridized carbons (Fsp3) is 0.370. The van der Waals surface area contributed by atoms with Gasteiger partial charge in [-0.2, -0.15) is 0 Å². The summed E-state index contributed by atoms with van der Waals surface area (Å²) in [6.45, 7) is 0.0207. The lowest BCUT2D eigenvalue weighted by Crippen LogP contribution is -2.18. The van der Waals surface area contributed by atoms with Crippen LogP contribution in [0.25, 0.3) is 11.3 Å². The molecule has 5 nitrogen and oxygen atoms in total. The van der Waals surface area contributed by atoms with E-state index >= 15 is 0 Å². The summed E-state index contributed by atoms with van der Waals surface area (Å²) < 4.78 is 0. The average molecular weight is 430 g/mol. The van der Waals surface area contributed by atoms with Crippen LogP contribution in [0.15, 0.2) is 60.8 Å². The van der Waals surface area contributed by atoms with Crippen LogP contribution in [0.4, 0.5) is 5.82 Å². The van der Waals surface area contributed by atoms with Crippen LogP contribution in [0.1, 0.15) is 55.3 Å². The number of carbonyl (C=O) groups excluding carboxylic acids is 1. The molecule has 0 atom stereocenters. The highest BCUT2D eigenvalue weighted by Crippen LogP contribution is 2.29. The predicted molar refractivity (Wildman–Crippen MR) is 127 cm³/mol. The topological polar surface area (TPSA) is 75.1 Å². The van der Waals surface area contributed by atoms with Crippen molar-refractivity contribution in [3.05, 3.63) is 77.6 Å². The highest BCUT2D eigenvalue weighted by Gasteiger charge is 2.19. The molecule has 1 saturated carbocycles. The number of nitrogens with zero attached hydrogens (tertiary/aromatic N) is 2. The first kappa shape index (κ1) is 22.2. The van der Waals surface area contributed by atoms with E-state index in [2.05, 4.69) is 10.3 Å². The molecule has 5 heteroatoms. The summed E-state index contributed by atoms with van der Waals surface area (Å²) in [6, 6.07) is 17.8. The van der Waals surface area contributed by atoms with Gasteiger partial charge in [0.25, 0.3) is 0 Å². The Balaban J connectivity index is 1.51. The van der Waals surface area contributed by atoms with Gasteiger partial charge in [-0.25, -0.2) is 9.97 Å². The molecule has 0 aliphatic heterocycles. The Morgan fingerprint density at radius 2 is 1.72 bits per heavy atom. The molecule has 2 aromatic carbocycles. The number of rotatable bonds is 8. The standard InChI is InChI=1S/C27H31N3O2/c31-19-22-11-14-23(15-12-22)25-18-28-27(24(29-25)17-21-9-5-2-6-10-21)30-26(32)16-13-20-7-3-1-4-8-20/h1,3-4,7-8,11-12,14-15,18,21,31H,2,5-6,9-10,13,16-17,19H2,(H,28,30,32). The second-order valence-corrected chi connectivity index (χ2v) is 8.65. The summed E-state index contributed by atoms with van der Waals surface area (Å²) in [5, 5.41) is 12.3. The number of carbonyl (C=O) groups is 1. The maximum absolute atomic E-state index is 12.7. The van der Waals surface area contributed by atoms with Crippen LogP contribution in [0.3, 0.4) is 0 Å². The van der Waals surface area contributed by atoms with Gasteiger partial charge in [-0.15, -0.1) is 0 Å². The lowest BCUT2D eigenvalue weighted by atomic mass is 9.86. The number of aromatic nitrogens is 2. The van der Waals surface area contributed by atoms with E-state index in [4.69, 9.17) is 4.98 Å². The van der Waals surface area contributed by atoms with Gasteiger partial charge in [0, 0.05) is 12.0 Å². The Labute approximate surface area is 189 Å². The van der Waals surface area contributed by atoms with Crippen LogP contribution in [-0.2, 0) is 24.2 Å². The van der Waals surface area contributed by atoms with Gasteiger partial charge in [0.05, 0.1) is 24.2 Å². The Kier molecular flexibility index (Phi) is 7.62. The lowest BCUT2D eigenvalue weighted by molar-refractivity contribution is -0.116. The van der Waals surface area contributed by atoms with Crippen molar-refractivity contribution < 1.29 is 9.90 Å². The van der Waals surface area contributed by atoms with Crippen LogP contribution in [-0.4, -0.2) is 21.0 Å². The fourth-order valence-corrected chi connectivity index (χ4v) is 4.36. The number of aliphatic hydroxyl groups is 1. The van der Waals surface area contributed by atoms with Crippen LogP contribution < -0.4 is 5.32 Å². The Morgan fingerprint density at radius 3 is 2.44 bits per heavy atom. The van der Waals surface area contributed by atoms with Gasteiger partial charge in [-0.3, -0.25) is 4.79 Å². The van der Waals surface area contributed by atoms with Gasteiger partial charge in [0.1, 0.15) is 0 Å². The van der Waals surface area contributed by atoms with Crippen molar-refractivity contribution in [1.82, 2.24) is 9.97 Å². The van der Waals surface area contributed by atoms with E-state index < -0.39 is 0 Å². The highest BCUT2D eigenvalue weighted by atomic mass is 16.3. The quantitative estimate of drug-likeness (QED) is 0.507. The maximum atomic E-state index is 12.7. The summed E-state index contributed by atoms with van der Waals surface area (Å²) in [6.07, 6.45) is 9.93. The molecule has 4 rings (SSSR count). The molecule has 1 fully saturated rings. The molecule has 1 aliphatic carbocycles. The number of nitrogens with one attached hydrogen (secondary N) is 1. The second kappa shape index (κ2) is 11.0. The van der Waals surface area contributed by atoms with Crippen molar-refractivity contribution in [3.63, 3.8) is 0 Å². The third kappa shape index (κ3) is 6.01. The van der Waals surface area contributed by atoms with E-state index in [0.29, 0.717) is 24.6 Å². The summed E-state index contributed by atoms with van der Waals surface area (Å²) in [5.74, 6) is 1.14. The summed E-state index contributed by atoms with van der Waals surface area (Å²) in [4.78, 5) is 22.2. The molecule has 32 heavy (non-hydrogen) atoms. The first-order valence-electron chi connectivity index (χ1n) is 11.6. The molecule has 0 unspecified atom stereocenters. The number of anilines is 1. The van der Waals surface area contributed by atoms with Gasteiger partial charge in [0.2, 0.25) is 5.91 Å². The van der Waals surface area contributed by atoms with Gasteiger partial charge in [-0.1, -0.05) is 86.7 Å². The first-order valence-corrected chi connectivity index (χ1v) is 11.6. The van der Waals surface area contributed by atoms with Gasteiger partial charge in [-0.05, 0) is 29.9 Å². The van der Waals surface area contributed by atoms with Crippen molar-refractivity contribution in [2.45, 2.75) is 58.0 Å². The molecule has 1 aromatic heterocycles. The zero-order chi connectivity index (χ0) is 22.2. The minimum Gasteiger partial charge on any atom is -0.392 e. The van der Waals surface area contributed by atoms with E-state index in [1.165, 1.54) is 32.1 Å². The van der Waals surface area contributed by atoms with Crippen LogP contribution >= 0.6 is 0 Å². The fourth-order valence-electron chi connectivity index (χ4n) is 4.36. The van der Waals surface area contributed by atoms with Crippen molar-refractivity contribution in [3.8, 4) is 11.3 Å². The lowest BCUT2D eigenvalue weighted by Gasteiger charge is -2.22. The molecular formula is C27H31N3O2. The van der Waals surface area contributed by atoms with Crippen molar-refractivity contribution in [2.24, 2.45) is 5.92 Å². The van der Waals surface area contributed by atoms with E-state index in [0.717, 1.165) is 34.5 Å². The Morgan fingerprint density at radius 1 is 0.969 bits per heavy atom. The predicted octanol–water partition coefficient (Wildman–Crippen LogP) is 5.33. The van der Waals surface area contributed by atoms with Gasteiger partial charge >= 0.3 is 0 Å². The number of hydrogen-bond acceptors (Lipinski definition) is 4. The minimum absolute atomic E-state index is 0.0207. The van der Waals surface area contributed by atoms with E-state index in [1.807, 2.05) is 54.6 Å². The summed E-state index contributed by atoms with van der Waals surface area (Å²) >= 11 is 0. The number of aliphatic hydroxyl groups excluding tert-OH is 1. The SMILES string of the molecule is O=C(CCc1ccccc1)Nc1ncc(-c2ccc(CO)cc2)nc1CC1CCCCC1. The second-order valence-electron chi connectivity index (χ2n) is 8.65. The Bertz CT molecular complexity index is 1010. The normalized spacial score (nSPS) is 14.3. The van der Waals surface area contributed by atoms with E-state index in [1.54, 1.807) is 6.20 Å². The molecule has 166 valence electrons. The van der Waals surface area contributed by atoms with Crippen molar-refractivity contribution in [2.75, 3.05) is 5.32 Å². The molecule has 1 amide bonds. The highest BCUT2D eigenvalue weighted by molar-refractivity contribution is 5.90. The third-order valence-corrected chi connectivity index (χ3v) is 6.23. The zero-order valence-electron chi connectivity index (χ0n) is 18.5. The molecule has 0 spiro atoms. The number of hydrogen-bond donors (Lipinski definition) is 2. The minimum atomic E-state index is -0.0342. The van der Waals surface area contributed by atoms with Gasteiger partial charge in [0.15, 0.2) is 5.82 Å². The van der Waals surface area contributed by atoms with Crippen LogP contribution in [0, 0.1) is 5.92 Å². The largest absolute Gasteiger partial charge is 0.392 e. The molecule has 3 aromatic rings. The average Bonchev–Trinajstić information content (AvgIpc) is 2.85. The van der Waals surface area contributed by atoms with Crippen LogP contribution in [0.2, 0.25) is 0 Å².